The number of aliphatic imine (C=N–C) groups is 1. The number of carbonyl (C=O) groups excluding carboxylic acids is 1. The van der Waals surface area contributed by atoms with E-state index in [2.05, 4.69) is 32.9 Å². The zero-order valence-corrected chi connectivity index (χ0v) is 20.1. The van der Waals surface area contributed by atoms with E-state index in [1.807, 2.05) is 20.8 Å². The average molecular weight is 497 g/mol. The lowest BCUT2D eigenvalue weighted by Gasteiger charge is -2.31. The highest BCUT2D eigenvalue weighted by Gasteiger charge is 2.17. The molecule has 0 aromatic carbocycles. The molecule has 1 saturated carbocycles. The Labute approximate surface area is 182 Å². The molecule has 0 unspecified atom stereocenters. The van der Waals surface area contributed by atoms with E-state index in [1.54, 1.807) is 7.05 Å². The largest absolute Gasteiger partial charge is 0.444 e. The third kappa shape index (κ3) is 13.1. The minimum atomic E-state index is -0.472. The molecule has 1 aliphatic rings. The second-order valence-electron chi connectivity index (χ2n) is 7.98. The van der Waals surface area contributed by atoms with Crippen LogP contribution in [0.25, 0.3) is 0 Å². The molecule has 0 bridgehead atoms. The number of halogens is 1. The van der Waals surface area contributed by atoms with Gasteiger partial charge in [-0.05, 0) is 53.6 Å². The van der Waals surface area contributed by atoms with Crippen molar-refractivity contribution in [1.82, 2.24) is 20.9 Å². The highest BCUT2D eigenvalue weighted by atomic mass is 127. The standard InChI is InChI=1S/C19H39N5O2.HI/c1-19(2,3)26-18(25)23-14-13-22-17(20-4)21-12-9-15-24(5)16-10-7-6-8-11-16;/h16H,6-15H2,1-5H3,(H,23,25)(H2,20,21,22);1H. The van der Waals surface area contributed by atoms with Crippen molar-refractivity contribution in [3.05, 3.63) is 0 Å². The first-order chi connectivity index (χ1) is 12.3. The summed E-state index contributed by atoms with van der Waals surface area (Å²) < 4.78 is 5.19. The van der Waals surface area contributed by atoms with E-state index in [0.717, 1.165) is 31.5 Å². The number of alkyl carbamates (subject to hydrolysis) is 1. The second kappa shape index (κ2) is 14.3. The molecular weight excluding hydrogens is 457 g/mol. The lowest BCUT2D eigenvalue weighted by molar-refractivity contribution is 0.0529. The van der Waals surface area contributed by atoms with Crippen LogP contribution >= 0.6 is 24.0 Å². The number of guanidine groups is 1. The molecule has 0 aliphatic heterocycles. The van der Waals surface area contributed by atoms with E-state index in [9.17, 15) is 4.79 Å². The van der Waals surface area contributed by atoms with E-state index < -0.39 is 11.7 Å². The van der Waals surface area contributed by atoms with Crippen LogP contribution in [-0.4, -0.2) is 68.9 Å². The zero-order valence-electron chi connectivity index (χ0n) is 17.8. The molecule has 160 valence electrons. The van der Waals surface area contributed by atoms with E-state index in [4.69, 9.17) is 4.74 Å². The molecule has 0 heterocycles. The molecule has 1 fully saturated rings. The molecule has 0 saturated heterocycles. The Balaban J connectivity index is 0.00000676. The fourth-order valence-electron chi connectivity index (χ4n) is 3.12. The fourth-order valence-corrected chi connectivity index (χ4v) is 3.12. The Hall–Kier alpha value is -0.770. The SMILES string of the molecule is CN=C(NCCCN(C)C1CCCCC1)NCCNC(=O)OC(C)(C)C.I. The predicted molar refractivity (Wildman–Crippen MR) is 123 cm³/mol. The van der Waals surface area contributed by atoms with E-state index in [1.165, 1.54) is 32.1 Å². The first-order valence-electron chi connectivity index (χ1n) is 9.93. The van der Waals surface area contributed by atoms with Gasteiger partial charge >= 0.3 is 6.09 Å². The summed E-state index contributed by atoms with van der Waals surface area (Å²) in [7, 11) is 4.00. The smallest absolute Gasteiger partial charge is 0.407 e. The second-order valence-corrected chi connectivity index (χ2v) is 7.98. The summed E-state index contributed by atoms with van der Waals surface area (Å²) >= 11 is 0. The maximum Gasteiger partial charge on any atom is 0.407 e. The lowest BCUT2D eigenvalue weighted by Crippen LogP contribution is -2.43. The van der Waals surface area contributed by atoms with E-state index >= 15 is 0 Å². The van der Waals surface area contributed by atoms with E-state index in [-0.39, 0.29) is 24.0 Å². The Kier molecular flexibility index (Phi) is 13.9. The van der Waals surface area contributed by atoms with Gasteiger partial charge in [-0.15, -0.1) is 24.0 Å². The monoisotopic (exact) mass is 497 g/mol. The molecule has 1 amide bonds. The molecule has 1 rings (SSSR count). The zero-order chi connectivity index (χ0) is 19.4. The number of ether oxygens (including phenoxy) is 1. The highest BCUT2D eigenvalue weighted by molar-refractivity contribution is 14.0. The number of hydrogen-bond donors (Lipinski definition) is 3. The average Bonchev–Trinajstić information content (AvgIpc) is 2.59. The first kappa shape index (κ1) is 26.2. The maximum atomic E-state index is 11.6. The molecule has 0 radical (unpaired) electrons. The minimum Gasteiger partial charge on any atom is -0.444 e. The Morgan fingerprint density at radius 2 is 1.67 bits per heavy atom. The number of amides is 1. The summed E-state index contributed by atoms with van der Waals surface area (Å²) in [5, 5.41) is 9.24. The van der Waals surface area contributed by atoms with Gasteiger partial charge in [0, 0.05) is 32.7 Å². The number of rotatable bonds is 8. The van der Waals surface area contributed by atoms with Gasteiger partial charge in [-0.25, -0.2) is 4.79 Å². The van der Waals surface area contributed by atoms with Crippen LogP contribution in [0, 0.1) is 0 Å². The predicted octanol–water partition coefficient (Wildman–Crippen LogP) is 2.95. The van der Waals surface area contributed by atoms with Crippen LogP contribution in [-0.2, 0) is 4.74 Å². The number of nitrogens with zero attached hydrogens (tertiary/aromatic N) is 2. The Morgan fingerprint density at radius 3 is 2.26 bits per heavy atom. The van der Waals surface area contributed by atoms with Gasteiger partial charge in [0.25, 0.3) is 0 Å². The van der Waals surface area contributed by atoms with Gasteiger partial charge in [0.05, 0.1) is 0 Å². The summed E-state index contributed by atoms with van der Waals surface area (Å²) in [4.78, 5) is 18.3. The van der Waals surface area contributed by atoms with Crippen molar-refractivity contribution in [2.75, 3.05) is 40.3 Å². The van der Waals surface area contributed by atoms with Crippen molar-refractivity contribution in [3.63, 3.8) is 0 Å². The molecule has 0 spiro atoms. The molecule has 0 atom stereocenters. The van der Waals surface area contributed by atoms with Gasteiger partial charge in [-0.2, -0.15) is 0 Å². The van der Waals surface area contributed by atoms with Crippen molar-refractivity contribution in [2.24, 2.45) is 4.99 Å². The fraction of sp³-hybridized carbons (Fsp3) is 0.895. The van der Waals surface area contributed by atoms with Gasteiger partial charge in [-0.3, -0.25) is 4.99 Å². The maximum absolute atomic E-state index is 11.6. The van der Waals surface area contributed by atoms with Crippen LogP contribution in [0.15, 0.2) is 4.99 Å². The molecule has 0 aromatic rings. The Morgan fingerprint density at radius 1 is 1.07 bits per heavy atom. The molecule has 3 N–H and O–H groups in total. The van der Waals surface area contributed by atoms with E-state index in [0.29, 0.717) is 13.1 Å². The number of nitrogens with one attached hydrogen (secondary N) is 3. The number of carbonyl (C=O) groups is 1. The first-order valence-corrected chi connectivity index (χ1v) is 9.93. The molecular formula is C19H40IN5O2. The molecule has 8 heteroatoms. The van der Waals surface area contributed by atoms with Crippen LogP contribution in [0.2, 0.25) is 0 Å². The normalized spacial score (nSPS) is 15.9. The van der Waals surface area contributed by atoms with Gasteiger partial charge in [0.2, 0.25) is 0 Å². The van der Waals surface area contributed by atoms with Gasteiger partial charge in [-0.1, -0.05) is 19.3 Å². The number of hydrogen-bond acceptors (Lipinski definition) is 4. The van der Waals surface area contributed by atoms with Crippen molar-refractivity contribution >= 4 is 36.0 Å². The van der Waals surface area contributed by atoms with Gasteiger partial charge in [0.15, 0.2) is 5.96 Å². The summed E-state index contributed by atoms with van der Waals surface area (Å²) in [5.41, 5.74) is -0.472. The van der Waals surface area contributed by atoms with Crippen molar-refractivity contribution in [2.45, 2.75) is 70.9 Å². The van der Waals surface area contributed by atoms with Crippen LogP contribution in [0.4, 0.5) is 4.79 Å². The summed E-state index contributed by atoms with van der Waals surface area (Å²) in [6.45, 7) is 8.62. The lowest BCUT2D eigenvalue weighted by atomic mass is 9.94. The third-order valence-corrected chi connectivity index (χ3v) is 4.49. The van der Waals surface area contributed by atoms with Gasteiger partial charge < -0.3 is 25.6 Å². The Bertz CT molecular complexity index is 434. The van der Waals surface area contributed by atoms with Crippen molar-refractivity contribution < 1.29 is 9.53 Å². The van der Waals surface area contributed by atoms with Gasteiger partial charge in [0.1, 0.15) is 5.60 Å². The summed E-state index contributed by atoms with van der Waals surface area (Å²) in [5.74, 6) is 0.760. The van der Waals surface area contributed by atoms with Crippen LogP contribution < -0.4 is 16.0 Å². The van der Waals surface area contributed by atoms with Crippen LogP contribution in [0.3, 0.4) is 0 Å². The molecule has 1 aliphatic carbocycles. The van der Waals surface area contributed by atoms with Crippen molar-refractivity contribution in [1.29, 1.82) is 0 Å². The summed E-state index contributed by atoms with van der Waals surface area (Å²) in [6.07, 6.45) is 7.53. The highest BCUT2D eigenvalue weighted by Crippen LogP contribution is 2.21. The summed E-state index contributed by atoms with van der Waals surface area (Å²) in [6, 6.07) is 0.764. The van der Waals surface area contributed by atoms with Crippen LogP contribution in [0.5, 0.6) is 0 Å². The topological polar surface area (TPSA) is 78.0 Å². The third-order valence-electron chi connectivity index (χ3n) is 4.49. The molecule has 0 aromatic heterocycles. The van der Waals surface area contributed by atoms with Crippen molar-refractivity contribution in [3.8, 4) is 0 Å². The minimum absolute atomic E-state index is 0. The molecule has 7 nitrogen and oxygen atoms in total. The quantitative estimate of drug-likeness (QED) is 0.208. The van der Waals surface area contributed by atoms with Crippen LogP contribution in [0.1, 0.15) is 59.3 Å². The molecule has 27 heavy (non-hydrogen) atoms.